The predicted molar refractivity (Wildman–Crippen MR) is 56.4 cm³/mol. The molecule has 0 saturated heterocycles. The Balaban J connectivity index is 3.67. The van der Waals surface area contributed by atoms with Crippen molar-refractivity contribution < 1.29 is 14.8 Å². The van der Waals surface area contributed by atoms with Crippen LogP contribution in [-0.2, 0) is 4.79 Å². The summed E-state index contributed by atoms with van der Waals surface area (Å²) >= 11 is 0. The molecule has 0 aliphatic rings. The minimum absolute atomic E-state index is 0.360. The van der Waals surface area contributed by atoms with Gasteiger partial charge in [0.15, 0.2) is 0 Å². The van der Waals surface area contributed by atoms with Gasteiger partial charge >= 0.3 is 5.97 Å². The zero-order chi connectivity index (χ0) is 11.7. The third kappa shape index (κ3) is 7.90. The van der Waals surface area contributed by atoms with E-state index >= 15 is 0 Å². The summed E-state index contributed by atoms with van der Waals surface area (Å²) in [6.07, 6.45) is 5.07. The van der Waals surface area contributed by atoms with Gasteiger partial charge in [0.25, 0.3) is 0 Å². The van der Waals surface area contributed by atoms with E-state index in [0.717, 1.165) is 32.1 Å². The lowest BCUT2D eigenvalue weighted by atomic mass is 10.0. The Morgan fingerprint density at radius 3 is 2.40 bits per heavy atom. The highest BCUT2D eigenvalue weighted by Gasteiger charge is 2.22. The Labute approximate surface area is 89.6 Å². The van der Waals surface area contributed by atoms with Crippen LogP contribution in [0, 0.1) is 10.1 Å². The standard InChI is InChI=1S/C10H19NO4/c1-2-3-4-5-6-7-9(11(14)15)8-10(12)13/h9H,2-8H2,1H3,(H,12,13). The molecule has 15 heavy (non-hydrogen) atoms. The van der Waals surface area contributed by atoms with Crippen molar-refractivity contribution in [3.05, 3.63) is 10.1 Å². The highest BCUT2D eigenvalue weighted by molar-refractivity contribution is 5.67. The molecule has 0 aliphatic heterocycles. The van der Waals surface area contributed by atoms with Gasteiger partial charge in [0, 0.05) is 11.3 Å². The van der Waals surface area contributed by atoms with Crippen molar-refractivity contribution in [3.8, 4) is 0 Å². The number of carboxylic acids is 1. The molecule has 88 valence electrons. The molecule has 0 aromatic rings. The van der Waals surface area contributed by atoms with E-state index in [1.807, 2.05) is 0 Å². The third-order valence-corrected chi connectivity index (χ3v) is 2.35. The molecule has 0 aromatic carbocycles. The van der Waals surface area contributed by atoms with E-state index in [2.05, 4.69) is 6.92 Å². The fourth-order valence-corrected chi connectivity index (χ4v) is 1.47. The first-order valence-electron chi connectivity index (χ1n) is 5.43. The average molecular weight is 217 g/mol. The molecule has 0 radical (unpaired) electrons. The van der Waals surface area contributed by atoms with Crippen molar-refractivity contribution in [2.24, 2.45) is 0 Å². The van der Waals surface area contributed by atoms with Gasteiger partial charge in [-0.1, -0.05) is 32.6 Å². The highest BCUT2D eigenvalue weighted by atomic mass is 16.6. The van der Waals surface area contributed by atoms with Gasteiger partial charge < -0.3 is 5.11 Å². The quantitative estimate of drug-likeness (QED) is 0.365. The predicted octanol–water partition coefficient (Wildman–Crippen LogP) is 2.47. The Hall–Kier alpha value is -1.13. The Kier molecular flexibility index (Phi) is 7.58. The molecule has 0 aromatic heterocycles. The van der Waals surface area contributed by atoms with Gasteiger partial charge in [-0.15, -0.1) is 0 Å². The van der Waals surface area contributed by atoms with E-state index in [0.29, 0.717) is 6.42 Å². The maximum atomic E-state index is 10.5. The van der Waals surface area contributed by atoms with Gasteiger partial charge in [-0.05, 0) is 6.42 Å². The smallest absolute Gasteiger partial charge is 0.310 e. The van der Waals surface area contributed by atoms with Crippen LogP contribution in [0.5, 0.6) is 0 Å². The van der Waals surface area contributed by atoms with Crippen LogP contribution in [0.1, 0.15) is 51.9 Å². The second-order valence-corrected chi connectivity index (χ2v) is 3.74. The second kappa shape index (κ2) is 8.20. The van der Waals surface area contributed by atoms with E-state index in [4.69, 9.17) is 5.11 Å². The summed E-state index contributed by atoms with van der Waals surface area (Å²) in [5.41, 5.74) is 0. The topological polar surface area (TPSA) is 80.4 Å². The molecule has 0 aliphatic carbocycles. The molecular weight excluding hydrogens is 198 g/mol. The second-order valence-electron chi connectivity index (χ2n) is 3.74. The van der Waals surface area contributed by atoms with Gasteiger partial charge in [0.2, 0.25) is 6.04 Å². The fourth-order valence-electron chi connectivity index (χ4n) is 1.47. The number of rotatable bonds is 9. The summed E-state index contributed by atoms with van der Waals surface area (Å²) in [4.78, 5) is 20.4. The number of unbranched alkanes of at least 4 members (excludes halogenated alkanes) is 4. The summed E-state index contributed by atoms with van der Waals surface area (Å²) in [6.45, 7) is 2.10. The van der Waals surface area contributed by atoms with Crippen LogP contribution in [0.25, 0.3) is 0 Å². The summed E-state index contributed by atoms with van der Waals surface area (Å²) in [6, 6.07) is -0.913. The SMILES string of the molecule is CCCCCCCC(CC(=O)O)[N+](=O)[O-]. The van der Waals surface area contributed by atoms with Crippen LogP contribution in [-0.4, -0.2) is 22.0 Å². The lowest BCUT2D eigenvalue weighted by molar-refractivity contribution is -0.522. The minimum Gasteiger partial charge on any atom is -0.481 e. The molecule has 0 saturated carbocycles. The molecule has 1 atom stereocenters. The largest absolute Gasteiger partial charge is 0.481 e. The van der Waals surface area contributed by atoms with Crippen molar-refractivity contribution >= 4 is 5.97 Å². The lowest BCUT2D eigenvalue weighted by Gasteiger charge is -2.06. The molecule has 0 fully saturated rings. The van der Waals surface area contributed by atoms with Crippen molar-refractivity contribution in [2.75, 3.05) is 0 Å². The Morgan fingerprint density at radius 2 is 1.93 bits per heavy atom. The first kappa shape index (κ1) is 13.9. The van der Waals surface area contributed by atoms with Gasteiger partial charge in [0.1, 0.15) is 6.42 Å². The van der Waals surface area contributed by atoms with E-state index in [1.165, 1.54) is 0 Å². The average Bonchev–Trinajstić information content (AvgIpc) is 2.15. The van der Waals surface area contributed by atoms with Crippen molar-refractivity contribution in [1.29, 1.82) is 0 Å². The number of hydrogen-bond acceptors (Lipinski definition) is 3. The lowest BCUT2D eigenvalue weighted by Crippen LogP contribution is -2.22. The van der Waals surface area contributed by atoms with Crippen LogP contribution in [0.2, 0.25) is 0 Å². The molecule has 0 rings (SSSR count). The van der Waals surface area contributed by atoms with Crippen LogP contribution >= 0.6 is 0 Å². The van der Waals surface area contributed by atoms with Crippen LogP contribution in [0.3, 0.4) is 0 Å². The number of aliphatic carboxylic acids is 1. The van der Waals surface area contributed by atoms with Crippen LogP contribution in [0.4, 0.5) is 0 Å². The summed E-state index contributed by atoms with van der Waals surface area (Å²) in [7, 11) is 0. The summed E-state index contributed by atoms with van der Waals surface area (Å²) in [5, 5.41) is 19.0. The highest BCUT2D eigenvalue weighted by Crippen LogP contribution is 2.11. The van der Waals surface area contributed by atoms with E-state index in [-0.39, 0.29) is 6.42 Å². The van der Waals surface area contributed by atoms with E-state index < -0.39 is 16.9 Å². The Morgan fingerprint density at radius 1 is 1.33 bits per heavy atom. The molecule has 0 bridgehead atoms. The minimum atomic E-state index is -1.09. The number of carboxylic acid groups (broad SMARTS) is 1. The maximum absolute atomic E-state index is 10.5. The zero-order valence-electron chi connectivity index (χ0n) is 9.15. The zero-order valence-corrected chi connectivity index (χ0v) is 9.15. The van der Waals surface area contributed by atoms with Crippen molar-refractivity contribution in [3.63, 3.8) is 0 Å². The summed E-state index contributed by atoms with van der Waals surface area (Å²) in [5.74, 6) is -1.09. The van der Waals surface area contributed by atoms with E-state index in [9.17, 15) is 14.9 Å². The van der Waals surface area contributed by atoms with Crippen LogP contribution < -0.4 is 0 Å². The van der Waals surface area contributed by atoms with Gasteiger partial charge in [-0.3, -0.25) is 14.9 Å². The fraction of sp³-hybridized carbons (Fsp3) is 0.900. The first-order valence-corrected chi connectivity index (χ1v) is 5.43. The monoisotopic (exact) mass is 217 g/mol. The summed E-state index contributed by atoms with van der Waals surface area (Å²) < 4.78 is 0. The van der Waals surface area contributed by atoms with Gasteiger partial charge in [0.05, 0.1) is 0 Å². The normalized spacial score (nSPS) is 12.3. The van der Waals surface area contributed by atoms with Crippen molar-refractivity contribution in [1.82, 2.24) is 0 Å². The molecule has 0 spiro atoms. The van der Waals surface area contributed by atoms with Crippen molar-refractivity contribution in [2.45, 2.75) is 57.9 Å². The molecule has 1 N–H and O–H groups in total. The molecular formula is C10H19NO4. The molecule has 0 amide bonds. The number of nitro groups is 1. The molecule has 1 unspecified atom stereocenters. The molecule has 0 heterocycles. The first-order chi connectivity index (χ1) is 7.07. The van der Waals surface area contributed by atoms with E-state index in [1.54, 1.807) is 0 Å². The third-order valence-electron chi connectivity index (χ3n) is 2.35. The van der Waals surface area contributed by atoms with Crippen LogP contribution in [0.15, 0.2) is 0 Å². The van der Waals surface area contributed by atoms with Gasteiger partial charge in [-0.25, -0.2) is 0 Å². The Bertz CT molecular complexity index is 206. The number of nitrogens with zero attached hydrogens (tertiary/aromatic N) is 1. The molecule has 5 heteroatoms. The molecule has 5 nitrogen and oxygen atoms in total. The number of hydrogen-bond donors (Lipinski definition) is 1. The van der Waals surface area contributed by atoms with Gasteiger partial charge in [-0.2, -0.15) is 0 Å². The maximum Gasteiger partial charge on any atom is 0.310 e. The number of carbonyl (C=O) groups is 1.